The first-order chi connectivity index (χ1) is 12.4. The van der Waals surface area contributed by atoms with Crippen LogP contribution < -0.4 is 10.5 Å². The number of ether oxygens (including phenoxy) is 2. The molecule has 26 heavy (non-hydrogen) atoms. The highest BCUT2D eigenvalue weighted by molar-refractivity contribution is 6.00. The lowest BCUT2D eigenvalue weighted by Crippen LogP contribution is -2.59. The molecular weight excluding hydrogens is 337 g/mol. The van der Waals surface area contributed by atoms with Crippen LogP contribution in [0.25, 0.3) is 0 Å². The quantitative estimate of drug-likeness (QED) is 0.890. The zero-order valence-electron chi connectivity index (χ0n) is 15.1. The van der Waals surface area contributed by atoms with Gasteiger partial charge in [-0.15, -0.1) is 0 Å². The lowest BCUT2D eigenvalue weighted by atomic mass is 9.72. The fourth-order valence-electron chi connectivity index (χ4n) is 3.76. The Labute approximate surface area is 152 Å². The molecule has 1 saturated carbocycles. The molecule has 1 aromatic rings. The van der Waals surface area contributed by atoms with Crippen LogP contribution in [0, 0.1) is 17.7 Å². The van der Waals surface area contributed by atoms with Gasteiger partial charge in [-0.2, -0.15) is 0 Å². The maximum absolute atomic E-state index is 14.8. The summed E-state index contributed by atoms with van der Waals surface area (Å²) in [5, 5.41) is 0. The van der Waals surface area contributed by atoms with Gasteiger partial charge in [0.1, 0.15) is 17.1 Å². The molecule has 1 aliphatic carbocycles. The smallest absolute Gasteiger partial charge is 0.235 e. The molecule has 0 bridgehead atoms. The van der Waals surface area contributed by atoms with Crippen molar-refractivity contribution in [1.82, 2.24) is 4.90 Å². The van der Waals surface area contributed by atoms with Gasteiger partial charge in [-0.05, 0) is 50.3 Å². The molecule has 0 spiro atoms. The highest BCUT2D eigenvalue weighted by Crippen LogP contribution is 2.46. The second kappa shape index (κ2) is 6.23. The van der Waals surface area contributed by atoms with Crippen molar-refractivity contribution in [3.05, 3.63) is 29.6 Å². The highest BCUT2D eigenvalue weighted by Gasteiger charge is 2.54. The third-order valence-electron chi connectivity index (χ3n) is 5.61. The normalized spacial score (nSPS) is 31.4. The van der Waals surface area contributed by atoms with E-state index in [0.29, 0.717) is 30.3 Å². The van der Waals surface area contributed by atoms with Crippen LogP contribution in [0.5, 0.6) is 5.75 Å². The molecule has 1 amide bonds. The number of guanidine groups is 1. The van der Waals surface area contributed by atoms with Crippen LogP contribution in [0.15, 0.2) is 23.2 Å². The van der Waals surface area contributed by atoms with Gasteiger partial charge in [0.2, 0.25) is 5.91 Å². The summed E-state index contributed by atoms with van der Waals surface area (Å²) in [7, 11) is 1.59. The van der Waals surface area contributed by atoms with E-state index in [0.717, 1.165) is 0 Å². The zero-order chi connectivity index (χ0) is 18.5. The Morgan fingerprint density at radius 3 is 2.96 bits per heavy atom. The number of hydrogen-bond donors (Lipinski definition) is 1. The number of nitrogens with two attached hydrogens (primary N) is 1. The van der Waals surface area contributed by atoms with Gasteiger partial charge in [-0.1, -0.05) is 0 Å². The fourth-order valence-corrected chi connectivity index (χ4v) is 3.76. The van der Waals surface area contributed by atoms with Gasteiger partial charge in [-0.3, -0.25) is 9.69 Å². The summed E-state index contributed by atoms with van der Waals surface area (Å²) in [5.41, 5.74) is 5.14. The fraction of sp³-hybridized carbons (Fsp3) is 0.579. The number of amides is 1. The molecule has 2 heterocycles. The van der Waals surface area contributed by atoms with Gasteiger partial charge in [0, 0.05) is 12.6 Å². The molecule has 0 aromatic heterocycles. The lowest BCUT2D eigenvalue weighted by molar-refractivity contribution is -0.144. The zero-order valence-corrected chi connectivity index (χ0v) is 15.1. The van der Waals surface area contributed by atoms with Gasteiger partial charge in [0.15, 0.2) is 5.96 Å². The SMILES string of the molecule is C[C@H]1C[C@H]2C(=O)N(C)C(N)=N[C@@]2(c2cc(OCC3CC3)ccc2F)CO1. The number of nitrogens with zero attached hydrogens (tertiary/aromatic N) is 2. The number of aliphatic imine (C=N–C) groups is 1. The van der Waals surface area contributed by atoms with Gasteiger partial charge >= 0.3 is 0 Å². The lowest BCUT2D eigenvalue weighted by Gasteiger charge is -2.46. The van der Waals surface area contributed by atoms with Gasteiger partial charge in [0.25, 0.3) is 0 Å². The Kier molecular flexibility index (Phi) is 4.14. The molecule has 3 atom stereocenters. The molecule has 140 valence electrons. The number of fused-ring (bicyclic) bond motifs is 1. The van der Waals surface area contributed by atoms with E-state index in [2.05, 4.69) is 4.99 Å². The van der Waals surface area contributed by atoms with E-state index < -0.39 is 17.3 Å². The Hall–Kier alpha value is -2.15. The van der Waals surface area contributed by atoms with E-state index >= 15 is 0 Å². The molecule has 2 N–H and O–H groups in total. The third-order valence-corrected chi connectivity index (χ3v) is 5.61. The van der Waals surface area contributed by atoms with Crippen LogP contribution >= 0.6 is 0 Å². The average molecular weight is 361 g/mol. The Morgan fingerprint density at radius 2 is 2.23 bits per heavy atom. The molecule has 0 unspecified atom stereocenters. The van der Waals surface area contributed by atoms with E-state index in [9.17, 15) is 9.18 Å². The van der Waals surface area contributed by atoms with E-state index in [1.54, 1.807) is 19.2 Å². The van der Waals surface area contributed by atoms with Crippen LogP contribution in [0.1, 0.15) is 31.7 Å². The van der Waals surface area contributed by atoms with Gasteiger partial charge in [-0.25, -0.2) is 9.38 Å². The maximum Gasteiger partial charge on any atom is 0.235 e. The summed E-state index contributed by atoms with van der Waals surface area (Å²) < 4.78 is 26.4. The van der Waals surface area contributed by atoms with Crippen LogP contribution in [-0.2, 0) is 15.1 Å². The van der Waals surface area contributed by atoms with E-state index in [4.69, 9.17) is 15.2 Å². The molecule has 0 radical (unpaired) electrons. The summed E-state index contributed by atoms with van der Waals surface area (Å²) in [5.74, 6) is 0.147. The predicted octanol–water partition coefficient (Wildman–Crippen LogP) is 2.02. The average Bonchev–Trinajstić information content (AvgIpc) is 3.44. The van der Waals surface area contributed by atoms with Crippen LogP contribution in [0.2, 0.25) is 0 Å². The van der Waals surface area contributed by atoms with Crippen LogP contribution in [0.4, 0.5) is 4.39 Å². The minimum absolute atomic E-state index is 0.0769. The standard InChI is InChI=1S/C19H24FN3O3/c1-11-7-15-17(24)23(2)18(21)22-19(15,10-26-11)14-8-13(5-6-16(14)20)25-9-12-3-4-12/h5-6,8,11-12,15H,3-4,7,9-10H2,1-2H3,(H2,21,22)/t11-,15-,19+/m0/s1. The molecule has 2 aliphatic heterocycles. The van der Waals surface area contributed by atoms with Gasteiger partial charge < -0.3 is 15.2 Å². The molecule has 2 fully saturated rings. The maximum atomic E-state index is 14.8. The summed E-state index contributed by atoms with van der Waals surface area (Å²) >= 11 is 0. The Bertz CT molecular complexity index is 764. The number of rotatable bonds is 4. The predicted molar refractivity (Wildman–Crippen MR) is 94.2 cm³/mol. The second-order valence-electron chi connectivity index (χ2n) is 7.60. The largest absolute Gasteiger partial charge is 0.493 e. The van der Waals surface area contributed by atoms with Crippen LogP contribution in [-0.4, -0.2) is 43.1 Å². The number of benzene rings is 1. The number of carbonyl (C=O) groups is 1. The van der Waals surface area contributed by atoms with E-state index in [-0.39, 0.29) is 24.6 Å². The first-order valence-electron chi connectivity index (χ1n) is 9.08. The highest BCUT2D eigenvalue weighted by atomic mass is 19.1. The first kappa shape index (κ1) is 17.3. The van der Waals surface area contributed by atoms with Crippen molar-refractivity contribution in [2.24, 2.45) is 22.6 Å². The van der Waals surface area contributed by atoms with Crippen molar-refractivity contribution in [2.75, 3.05) is 20.3 Å². The molecule has 7 heteroatoms. The monoisotopic (exact) mass is 361 g/mol. The minimum Gasteiger partial charge on any atom is -0.493 e. The van der Waals surface area contributed by atoms with Crippen molar-refractivity contribution in [3.63, 3.8) is 0 Å². The van der Waals surface area contributed by atoms with Crippen molar-refractivity contribution >= 4 is 11.9 Å². The van der Waals surface area contributed by atoms with Crippen molar-refractivity contribution < 1.29 is 18.7 Å². The Morgan fingerprint density at radius 1 is 1.46 bits per heavy atom. The molecule has 4 rings (SSSR count). The molecule has 3 aliphatic rings. The first-order valence-corrected chi connectivity index (χ1v) is 9.08. The van der Waals surface area contributed by atoms with Crippen molar-refractivity contribution in [3.8, 4) is 5.75 Å². The number of carbonyl (C=O) groups excluding carboxylic acids is 1. The molecular formula is C19H24FN3O3. The van der Waals surface area contributed by atoms with Crippen LogP contribution in [0.3, 0.4) is 0 Å². The summed E-state index contributed by atoms with van der Waals surface area (Å²) in [6.45, 7) is 2.65. The third kappa shape index (κ3) is 2.84. The number of halogens is 1. The van der Waals surface area contributed by atoms with Gasteiger partial charge in [0.05, 0.1) is 25.2 Å². The Balaban J connectivity index is 1.77. The van der Waals surface area contributed by atoms with Crippen molar-refractivity contribution in [2.45, 2.75) is 37.8 Å². The van der Waals surface area contributed by atoms with Crippen molar-refractivity contribution in [1.29, 1.82) is 0 Å². The minimum atomic E-state index is -1.15. The van der Waals surface area contributed by atoms with E-state index in [1.807, 2.05) is 6.92 Å². The molecule has 6 nitrogen and oxygen atoms in total. The molecule has 1 aromatic carbocycles. The second-order valence-corrected chi connectivity index (χ2v) is 7.60. The topological polar surface area (TPSA) is 77.2 Å². The number of hydrogen-bond acceptors (Lipinski definition) is 5. The summed E-state index contributed by atoms with van der Waals surface area (Å²) in [6.07, 6.45) is 2.71. The summed E-state index contributed by atoms with van der Waals surface area (Å²) in [6, 6.07) is 4.64. The van der Waals surface area contributed by atoms with E-state index in [1.165, 1.54) is 23.8 Å². The molecule has 1 saturated heterocycles. The summed E-state index contributed by atoms with van der Waals surface area (Å²) in [4.78, 5) is 18.8.